The second-order valence-corrected chi connectivity index (χ2v) is 7.81. The van der Waals surface area contributed by atoms with Crippen LogP contribution in [-0.2, 0) is 19.4 Å². The fourth-order valence-corrected chi connectivity index (χ4v) is 4.93. The third kappa shape index (κ3) is 2.32. The number of rotatable bonds is 1. The monoisotopic (exact) mass is 350 g/mol. The summed E-state index contributed by atoms with van der Waals surface area (Å²) in [7, 11) is 0. The van der Waals surface area contributed by atoms with E-state index in [2.05, 4.69) is 36.3 Å². The zero-order chi connectivity index (χ0) is 17.0. The molecule has 0 saturated carbocycles. The number of aryl methyl sites for hydroxylation is 3. The summed E-state index contributed by atoms with van der Waals surface area (Å²) in [5.41, 5.74) is 3.48. The highest BCUT2D eigenvalue weighted by molar-refractivity contribution is 7.18. The van der Waals surface area contributed by atoms with E-state index in [0.717, 1.165) is 35.2 Å². The van der Waals surface area contributed by atoms with Gasteiger partial charge in [0, 0.05) is 10.6 Å². The summed E-state index contributed by atoms with van der Waals surface area (Å²) in [4.78, 5) is 22.0. The molecular formula is C19H18N4OS. The van der Waals surface area contributed by atoms with Crippen LogP contribution in [0.15, 0.2) is 34.2 Å². The van der Waals surface area contributed by atoms with E-state index in [-0.39, 0.29) is 5.56 Å². The van der Waals surface area contributed by atoms with Crippen molar-refractivity contribution in [2.24, 2.45) is 5.10 Å². The predicted octanol–water partition coefficient (Wildman–Crippen LogP) is 3.46. The summed E-state index contributed by atoms with van der Waals surface area (Å²) in [6.45, 7) is 2.63. The Balaban J connectivity index is 1.62. The molecule has 3 aromatic rings. The van der Waals surface area contributed by atoms with Crippen molar-refractivity contribution in [1.82, 2.24) is 9.66 Å². The fraction of sp³-hybridized carbons (Fsp3) is 0.316. The maximum atomic E-state index is 13.0. The number of benzene rings is 1. The van der Waals surface area contributed by atoms with Crippen molar-refractivity contribution < 1.29 is 0 Å². The molecule has 25 heavy (non-hydrogen) atoms. The molecule has 0 radical (unpaired) electrons. The number of thiophene rings is 1. The zero-order valence-corrected chi connectivity index (χ0v) is 14.8. The minimum Gasteiger partial charge on any atom is -0.323 e. The van der Waals surface area contributed by atoms with E-state index >= 15 is 0 Å². The smallest absolute Gasteiger partial charge is 0.283 e. The molecule has 0 unspecified atom stereocenters. The molecule has 2 aromatic heterocycles. The normalized spacial score (nSPS) is 16.1. The average Bonchev–Trinajstić information content (AvgIpc) is 3.00. The van der Waals surface area contributed by atoms with Crippen molar-refractivity contribution in [2.75, 3.05) is 4.90 Å². The fourth-order valence-electron chi connectivity index (χ4n) is 3.66. The highest BCUT2D eigenvalue weighted by Crippen LogP contribution is 2.34. The van der Waals surface area contributed by atoms with Gasteiger partial charge in [-0.15, -0.1) is 11.3 Å². The molecule has 0 atom stereocenters. The predicted molar refractivity (Wildman–Crippen MR) is 102 cm³/mol. The lowest BCUT2D eigenvalue weighted by atomic mass is 9.97. The minimum absolute atomic E-state index is 0.0146. The van der Waals surface area contributed by atoms with Crippen LogP contribution in [0.3, 0.4) is 0 Å². The van der Waals surface area contributed by atoms with E-state index in [9.17, 15) is 4.79 Å². The van der Waals surface area contributed by atoms with Crippen LogP contribution in [0.25, 0.3) is 10.2 Å². The lowest BCUT2D eigenvalue weighted by Gasteiger charge is -2.24. The first kappa shape index (κ1) is 14.8. The summed E-state index contributed by atoms with van der Waals surface area (Å²) < 4.78 is 1.48. The molecule has 2 aliphatic rings. The highest BCUT2D eigenvalue weighted by atomic mass is 32.1. The number of hydrogen-bond donors (Lipinski definition) is 0. The van der Waals surface area contributed by atoms with Crippen molar-refractivity contribution in [3.63, 3.8) is 0 Å². The topological polar surface area (TPSA) is 50.5 Å². The lowest BCUT2D eigenvalue weighted by molar-refractivity contribution is 0.686. The van der Waals surface area contributed by atoms with E-state index in [1.807, 2.05) is 4.90 Å². The van der Waals surface area contributed by atoms with Gasteiger partial charge < -0.3 is 4.90 Å². The molecule has 0 amide bonds. The summed E-state index contributed by atoms with van der Waals surface area (Å²) >= 11 is 1.69. The Morgan fingerprint density at radius 3 is 2.76 bits per heavy atom. The molecule has 1 aliphatic carbocycles. The van der Waals surface area contributed by atoms with E-state index < -0.39 is 0 Å². The van der Waals surface area contributed by atoms with E-state index in [0.29, 0.717) is 12.4 Å². The first-order valence-electron chi connectivity index (χ1n) is 8.65. The number of anilines is 1. The molecule has 5 nitrogen and oxygen atoms in total. The summed E-state index contributed by atoms with van der Waals surface area (Å²) in [5.74, 6) is 0.708. The van der Waals surface area contributed by atoms with Crippen LogP contribution in [0, 0.1) is 6.92 Å². The SMILES string of the molecule is Cc1ccc(N2C=Nn3c(nc4sc5c(c4c3=O)CCCC5)C2)cc1. The van der Waals surface area contributed by atoms with Gasteiger partial charge in [0.2, 0.25) is 0 Å². The van der Waals surface area contributed by atoms with Crippen LogP contribution in [0.4, 0.5) is 5.69 Å². The Morgan fingerprint density at radius 2 is 1.92 bits per heavy atom. The van der Waals surface area contributed by atoms with Gasteiger partial charge in [-0.05, 0) is 50.3 Å². The quantitative estimate of drug-likeness (QED) is 0.675. The van der Waals surface area contributed by atoms with Crippen LogP contribution in [0.1, 0.15) is 34.7 Å². The number of aromatic nitrogens is 2. The average molecular weight is 350 g/mol. The number of fused-ring (bicyclic) bond motifs is 4. The van der Waals surface area contributed by atoms with E-state index in [4.69, 9.17) is 4.98 Å². The van der Waals surface area contributed by atoms with Crippen molar-refractivity contribution in [2.45, 2.75) is 39.2 Å². The maximum Gasteiger partial charge on any atom is 0.283 e. The van der Waals surface area contributed by atoms with Crippen LogP contribution in [-0.4, -0.2) is 16.0 Å². The van der Waals surface area contributed by atoms with Gasteiger partial charge in [0.15, 0.2) is 5.82 Å². The van der Waals surface area contributed by atoms with Crippen LogP contribution in [0.5, 0.6) is 0 Å². The summed E-state index contributed by atoms with van der Waals surface area (Å²) in [5, 5.41) is 5.19. The number of nitrogens with zero attached hydrogens (tertiary/aromatic N) is 4. The third-order valence-corrected chi connectivity index (χ3v) is 6.20. The number of hydrogen-bond acceptors (Lipinski definition) is 5. The molecule has 1 aliphatic heterocycles. The Hall–Kier alpha value is -2.47. The maximum absolute atomic E-state index is 13.0. The highest BCUT2D eigenvalue weighted by Gasteiger charge is 2.24. The van der Waals surface area contributed by atoms with Crippen LogP contribution in [0.2, 0.25) is 0 Å². The second kappa shape index (κ2) is 5.52. The van der Waals surface area contributed by atoms with E-state index in [1.165, 1.54) is 27.1 Å². The van der Waals surface area contributed by atoms with Crippen LogP contribution < -0.4 is 10.5 Å². The standard InChI is InChI=1S/C19H18N4OS/c1-12-6-8-13(9-7-12)22-10-16-21-18-17(19(24)23(16)20-11-22)14-4-2-3-5-15(14)25-18/h6-9,11H,2-5,10H2,1H3. The molecule has 3 heterocycles. The minimum atomic E-state index is -0.0146. The molecule has 0 bridgehead atoms. The Kier molecular flexibility index (Phi) is 3.28. The van der Waals surface area contributed by atoms with Gasteiger partial charge >= 0.3 is 0 Å². The van der Waals surface area contributed by atoms with E-state index in [1.54, 1.807) is 17.7 Å². The summed E-state index contributed by atoms with van der Waals surface area (Å²) in [6.07, 6.45) is 6.16. The Labute approximate surface area is 149 Å². The molecule has 126 valence electrons. The summed E-state index contributed by atoms with van der Waals surface area (Å²) in [6, 6.07) is 8.29. The molecule has 1 aromatic carbocycles. The Bertz CT molecular complexity index is 1060. The van der Waals surface area contributed by atoms with Gasteiger partial charge in [-0.25, -0.2) is 4.98 Å². The van der Waals surface area contributed by atoms with Crippen molar-refractivity contribution >= 4 is 33.6 Å². The Morgan fingerprint density at radius 1 is 1.12 bits per heavy atom. The molecule has 0 fully saturated rings. The van der Waals surface area contributed by atoms with Gasteiger partial charge in [0.1, 0.15) is 11.2 Å². The van der Waals surface area contributed by atoms with Gasteiger partial charge in [0.25, 0.3) is 5.56 Å². The molecule has 0 saturated heterocycles. The van der Waals surface area contributed by atoms with Crippen molar-refractivity contribution in [3.05, 3.63) is 56.4 Å². The molecule has 6 heteroatoms. The van der Waals surface area contributed by atoms with Gasteiger partial charge in [-0.2, -0.15) is 9.78 Å². The molecule has 5 rings (SSSR count). The molecule has 0 spiro atoms. The molecule has 0 N–H and O–H groups in total. The largest absolute Gasteiger partial charge is 0.323 e. The lowest BCUT2D eigenvalue weighted by Crippen LogP contribution is -2.33. The van der Waals surface area contributed by atoms with Crippen LogP contribution >= 0.6 is 11.3 Å². The third-order valence-electron chi connectivity index (χ3n) is 5.02. The first-order chi connectivity index (χ1) is 12.2. The van der Waals surface area contributed by atoms with Gasteiger partial charge in [0.05, 0.1) is 11.9 Å². The van der Waals surface area contributed by atoms with Crippen molar-refractivity contribution in [3.8, 4) is 0 Å². The molecular weight excluding hydrogens is 332 g/mol. The second-order valence-electron chi connectivity index (χ2n) is 6.73. The van der Waals surface area contributed by atoms with Gasteiger partial charge in [-0.3, -0.25) is 4.79 Å². The van der Waals surface area contributed by atoms with Gasteiger partial charge in [-0.1, -0.05) is 17.7 Å². The zero-order valence-electron chi connectivity index (χ0n) is 14.0. The van der Waals surface area contributed by atoms with Crippen molar-refractivity contribution in [1.29, 1.82) is 0 Å². The first-order valence-corrected chi connectivity index (χ1v) is 9.46.